The second kappa shape index (κ2) is 6.67. The van der Waals surface area contributed by atoms with Gasteiger partial charge in [-0.05, 0) is 35.9 Å². The zero-order valence-corrected chi connectivity index (χ0v) is 12.5. The third-order valence-corrected chi connectivity index (χ3v) is 3.46. The van der Waals surface area contributed by atoms with Gasteiger partial charge in [-0.15, -0.1) is 0 Å². The first-order chi connectivity index (χ1) is 9.97. The number of benzene rings is 2. The van der Waals surface area contributed by atoms with Crippen molar-refractivity contribution in [2.45, 2.75) is 12.5 Å². The molecule has 0 aliphatic carbocycles. The molecule has 110 valence electrons. The van der Waals surface area contributed by atoms with Gasteiger partial charge in [0.25, 0.3) is 6.43 Å². The van der Waals surface area contributed by atoms with Crippen molar-refractivity contribution in [3.05, 3.63) is 64.1 Å². The Morgan fingerprint density at radius 3 is 2.29 bits per heavy atom. The van der Waals surface area contributed by atoms with Gasteiger partial charge in [0, 0.05) is 15.7 Å². The fraction of sp³-hybridized carbons (Fsp3) is 0.133. The highest BCUT2D eigenvalue weighted by atomic mass is 79.9. The maximum absolute atomic E-state index is 12.7. The quantitative estimate of drug-likeness (QED) is 0.851. The van der Waals surface area contributed by atoms with Crippen molar-refractivity contribution >= 4 is 27.5 Å². The summed E-state index contributed by atoms with van der Waals surface area (Å²) in [5.41, 5.74) is 6.31. The van der Waals surface area contributed by atoms with Crippen molar-refractivity contribution < 1.29 is 13.6 Å². The number of hydrogen-bond acceptors (Lipinski definition) is 2. The molecule has 0 aromatic heterocycles. The molecule has 6 heteroatoms. The fourth-order valence-electron chi connectivity index (χ4n) is 1.91. The smallest absolute Gasteiger partial charge is 0.263 e. The summed E-state index contributed by atoms with van der Waals surface area (Å²) in [5, 5.41) is 2.95. The standard InChI is InChI=1S/C15H13BrF2N2O/c16-11-4-6-12(7-5-11)20-13(15(19)21)9-2-1-3-10(8-9)14(17)18/h1-8,13-14,20H,(H2,19,21). The number of rotatable bonds is 5. The van der Waals surface area contributed by atoms with Crippen LogP contribution in [0.5, 0.6) is 0 Å². The molecule has 0 aliphatic rings. The monoisotopic (exact) mass is 354 g/mol. The second-order valence-electron chi connectivity index (χ2n) is 4.46. The summed E-state index contributed by atoms with van der Waals surface area (Å²) in [6.07, 6.45) is -2.59. The zero-order chi connectivity index (χ0) is 15.4. The first-order valence-electron chi connectivity index (χ1n) is 6.17. The lowest BCUT2D eigenvalue weighted by Crippen LogP contribution is -2.27. The van der Waals surface area contributed by atoms with Gasteiger partial charge in [0.15, 0.2) is 0 Å². The minimum atomic E-state index is -2.59. The third kappa shape index (κ3) is 4.01. The summed E-state index contributed by atoms with van der Waals surface area (Å²) in [7, 11) is 0. The number of anilines is 1. The first kappa shape index (κ1) is 15.4. The maximum atomic E-state index is 12.7. The van der Waals surface area contributed by atoms with E-state index in [9.17, 15) is 13.6 Å². The van der Waals surface area contributed by atoms with Crippen LogP contribution in [0, 0.1) is 0 Å². The van der Waals surface area contributed by atoms with Gasteiger partial charge < -0.3 is 11.1 Å². The normalized spacial score (nSPS) is 12.2. The van der Waals surface area contributed by atoms with Gasteiger partial charge in [-0.3, -0.25) is 4.79 Å². The summed E-state index contributed by atoms with van der Waals surface area (Å²) < 4.78 is 26.4. The van der Waals surface area contributed by atoms with Crippen molar-refractivity contribution in [3.63, 3.8) is 0 Å². The highest BCUT2D eigenvalue weighted by Crippen LogP contribution is 2.25. The fourth-order valence-corrected chi connectivity index (χ4v) is 2.17. The molecule has 0 aliphatic heterocycles. The Labute approximate surface area is 129 Å². The third-order valence-electron chi connectivity index (χ3n) is 2.94. The van der Waals surface area contributed by atoms with Crippen LogP contribution >= 0.6 is 15.9 Å². The van der Waals surface area contributed by atoms with Crippen molar-refractivity contribution in [1.82, 2.24) is 0 Å². The predicted molar refractivity (Wildman–Crippen MR) is 81.1 cm³/mol. The second-order valence-corrected chi connectivity index (χ2v) is 5.37. The topological polar surface area (TPSA) is 55.1 Å². The van der Waals surface area contributed by atoms with Crippen LogP contribution in [0.1, 0.15) is 23.6 Å². The summed E-state index contributed by atoms with van der Waals surface area (Å²) in [5.74, 6) is -0.635. The molecule has 3 nitrogen and oxygen atoms in total. The van der Waals surface area contributed by atoms with Gasteiger partial charge in [-0.1, -0.05) is 34.1 Å². The average Bonchev–Trinajstić information content (AvgIpc) is 2.46. The van der Waals surface area contributed by atoms with E-state index in [0.717, 1.165) is 4.47 Å². The van der Waals surface area contributed by atoms with Crippen LogP contribution in [-0.4, -0.2) is 5.91 Å². The van der Waals surface area contributed by atoms with Gasteiger partial charge >= 0.3 is 0 Å². The summed E-state index contributed by atoms with van der Waals surface area (Å²) in [6.45, 7) is 0. The molecular weight excluding hydrogens is 342 g/mol. The van der Waals surface area contributed by atoms with Crippen molar-refractivity contribution in [2.24, 2.45) is 5.73 Å². The van der Waals surface area contributed by atoms with E-state index in [0.29, 0.717) is 11.3 Å². The van der Waals surface area contributed by atoms with E-state index < -0.39 is 18.4 Å². The van der Waals surface area contributed by atoms with Crippen LogP contribution in [0.2, 0.25) is 0 Å². The van der Waals surface area contributed by atoms with E-state index in [-0.39, 0.29) is 5.56 Å². The van der Waals surface area contributed by atoms with Crippen LogP contribution in [-0.2, 0) is 4.79 Å². The van der Waals surface area contributed by atoms with Crippen molar-refractivity contribution in [3.8, 4) is 0 Å². The Bertz CT molecular complexity index is 632. The van der Waals surface area contributed by atoms with E-state index in [1.54, 1.807) is 30.3 Å². The van der Waals surface area contributed by atoms with Crippen LogP contribution in [0.3, 0.4) is 0 Å². The molecule has 1 amide bonds. The maximum Gasteiger partial charge on any atom is 0.263 e. The van der Waals surface area contributed by atoms with Gasteiger partial charge in [-0.2, -0.15) is 0 Å². The molecular formula is C15H13BrF2N2O. The highest BCUT2D eigenvalue weighted by Gasteiger charge is 2.19. The number of hydrogen-bond donors (Lipinski definition) is 2. The Morgan fingerprint density at radius 2 is 1.71 bits per heavy atom. The molecule has 0 saturated carbocycles. The predicted octanol–water partition coefficient (Wildman–Crippen LogP) is 4.03. The van der Waals surface area contributed by atoms with Gasteiger partial charge in [0.2, 0.25) is 5.91 Å². The van der Waals surface area contributed by atoms with Gasteiger partial charge in [-0.25, -0.2) is 8.78 Å². The Balaban J connectivity index is 2.28. The molecule has 2 aromatic rings. The van der Waals surface area contributed by atoms with Crippen LogP contribution in [0.4, 0.5) is 14.5 Å². The molecule has 0 bridgehead atoms. The number of carbonyl (C=O) groups excluding carboxylic acids is 1. The molecule has 0 heterocycles. The zero-order valence-electron chi connectivity index (χ0n) is 10.9. The Hall–Kier alpha value is -1.95. The highest BCUT2D eigenvalue weighted by molar-refractivity contribution is 9.10. The molecule has 1 unspecified atom stereocenters. The number of primary amides is 1. The molecule has 0 radical (unpaired) electrons. The molecule has 1 atom stereocenters. The first-order valence-corrected chi connectivity index (χ1v) is 6.96. The van der Waals surface area contributed by atoms with E-state index in [2.05, 4.69) is 21.2 Å². The minimum absolute atomic E-state index is 0.142. The van der Waals surface area contributed by atoms with Crippen LogP contribution in [0.25, 0.3) is 0 Å². The molecule has 21 heavy (non-hydrogen) atoms. The van der Waals surface area contributed by atoms with Crippen molar-refractivity contribution in [1.29, 1.82) is 0 Å². The van der Waals surface area contributed by atoms with Crippen LogP contribution < -0.4 is 11.1 Å². The van der Waals surface area contributed by atoms with E-state index in [1.165, 1.54) is 18.2 Å². The molecule has 0 fully saturated rings. The Morgan fingerprint density at radius 1 is 1.10 bits per heavy atom. The van der Waals surface area contributed by atoms with Crippen molar-refractivity contribution in [2.75, 3.05) is 5.32 Å². The molecule has 3 N–H and O–H groups in total. The number of alkyl halides is 2. The minimum Gasteiger partial charge on any atom is -0.370 e. The SMILES string of the molecule is NC(=O)C(Nc1ccc(Br)cc1)c1cccc(C(F)F)c1. The molecule has 2 rings (SSSR count). The molecule has 0 saturated heterocycles. The summed E-state index contributed by atoms with van der Waals surface area (Å²) >= 11 is 3.31. The number of amides is 1. The Kier molecular flexibility index (Phi) is 4.90. The largest absolute Gasteiger partial charge is 0.370 e. The van der Waals surface area contributed by atoms with Gasteiger partial charge in [0.05, 0.1) is 0 Å². The number of nitrogens with one attached hydrogen (secondary N) is 1. The van der Waals surface area contributed by atoms with Crippen LogP contribution in [0.15, 0.2) is 53.0 Å². The summed E-state index contributed by atoms with van der Waals surface area (Å²) in [6, 6.07) is 11.9. The van der Waals surface area contributed by atoms with Gasteiger partial charge in [0.1, 0.15) is 6.04 Å². The number of halogens is 3. The van der Waals surface area contributed by atoms with E-state index >= 15 is 0 Å². The van der Waals surface area contributed by atoms with E-state index in [1.807, 2.05) is 0 Å². The number of carbonyl (C=O) groups is 1. The summed E-state index contributed by atoms with van der Waals surface area (Å²) in [4.78, 5) is 11.6. The average molecular weight is 355 g/mol. The number of nitrogens with two attached hydrogens (primary N) is 1. The molecule has 2 aromatic carbocycles. The molecule has 0 spiro atoms. The lowest BCUT2D eigenvalue weighted by atomic mass is 10.0. The van der Waals surface area contributed by atoms with E-state index in [4.69, 9.17) is 5.73 Å². The lowest BCUT2D eigenvalue weighted by molar-refractivity contribution is -0.118. The lowest BCUT2D eigenvalue weighted by Gasteiger charge is -2.18.